The fraction of sp³-hybridized carbons (Fsp3) is 0.250. The van der Waals surface area contributed by atoms with Gasteiger partial charge in [0.1, 0.15) is 0 Å². The fourth-order valence-electron chi connectivity index (χ4n) is 6.66. The largest absolute Gasteiger partial charge is 0.0772 e. The molecule has 1 aliphatic carbocycles. The third-order valence-corrected chi connectivity index (χ3v) is 8.74. The Morgan fingerprint density at radius 1 is 0.725 bits per heavy atom. The molecule has 0 radical (unpaired) electrons. The molecule has 0 N–H and O–H groups in total. The van der Waals surface area contributed by atoms with E-state index in [1.165, 1.54) is 58.2 Å². The van der Waals surface area contributed by atoms with Crippen molar-refractivity contribution >= 4 is 0 Å². The van der Waals surface area contributed by atoms with Crippen LogP contribution in [0.5, 0.6) is 0 Å². The standard InChI is InChI=1S/C40H42/c1-31(27-29-37-32(2)17-16-30-39(37,3)4)26-28-33-18-14-15-25-38(33)40(34-19-8-5-9-20-34,35-21-10-6-11-22-35)36-23-12-7-13-24-36/h5-15,18-27,29H,16-17,28,30H2,1-4H3/b29-27+,31-26+. The summed E-state index contributed by atoms with van der Waals surface area (Å²) < 4.78 is 0. The van der Waals surface area contributed by atoms with Crippen LogP contribution in [-0.4, -0.2) is 0 Å². The van der Waals surface area contributed by atoms with Crippen molar-refractivity contribution in [2.45, 2.75) is 58.8 Å². The summed E-state index contributed by atoms with van der Waals surface area (Å²) in [5.41, 5.74) is 10.7. The van der Waals surface area contributed by atoms with Gasteiger partial charge in [0, 0.05) is 0 Å². The van der Waals surface area contributed by atoms with Crippen LogP contribution in [0.2, 0.25) is 0 Å². The lowest BCUT2D eigenvalue weighted by Crippen LogP contribution is -2.32. The van der Waals surface area contributed by atoms with Gasteiger partial charge in [0.25, 0.3) is 0 Å². The van der Waals surface area contributed by atoms with Gasteiger partial charge in [-0.2, -0.15) is 0 Å². The molecule has 0 nitrogen and oxygen atoms in total. The summed E-state index contributed by atoms with van der Waals surface area (Å²) in [5, 5.41) is 0. The molecule has 0 aromatic heterocycles. The fourth-order valence-corrected chi connectivity index (χ4v) is 6.66. The second-order valence-electron chi connectivity index (χ2n) is 11.9. The first-order valence-electron chi connectivity index (χ1n) is 14.7. The van der Waals surface area contributed by atoms with E-state index < -0.39 is 5.41 Å². The molecular formula is C40H42. The molecule has 0 aliphatic heterocycles. The van der Waals surface area contributed by atoms with Crippen LogP contribution < -0.4 is 0 Å². The summed E-state index contributed by atoms with van der Waals surface area (Å²) in [4.78, 5) is 0. The van der Waals surface area contributed by atoms with Crippen molar-refractivity contribution in [2.24, 2.45) is 5.41 Å². The Hall–Kier alpha value is -3.90. The lowest BCUT2D eigenvalue weighted by molar-refractivity contribution is 0.377. The summed E-state index contributed by atoms with van der Waals surface area (Å²) in [5.74, 6) is 0. The molecule has 0 bridgehead atoms. The van der Waals surface area contributed by atoms with Gasteiger partial charge >= 0.3 is 0 Å². The third-order valence-electron chi connectivity index (χ3n) is 8.74. The van der Waals surface area contributed by atoms with Crippen molar-refractivity contribution < 1.29 is 0 Å². The van der Waals surface area contributed by atoms with Crippen molar-refractivity contribution in [3.05, 3.63) is 178 Å². The van der Waals surface area contributed by atoms with Gasteiger partial charge in [-0.3, -0.25) is 0 Å². The zero-order valence-electron chi connectivity index (χ0n) is 24.5. The molecule has 4 aromatic rings. The monoisotopic (exact) mass is 522 g/mol. The Kier molecular flexibility index (Phi) is 8.36. The van der Waals surface area contributed by atoms with E-state index >= 15 is 0 Å². The van der Waals surface area contributed by atoms with Gasteiger partial charge < -0.3 is 0 Å². The van der Waals surface area contributed by atoms with Gasteiger partial charge in [-0.15, -0.1) is 0 Å². The lowest BCUT2D eigenvalue weighted by Gasteiger charge is -2.38. The molecule has 4 aromatic carbocycles. The quantitative estimate of drug-likeness (QED) is 0.159. The summed E-state index contributed by atoms with van der Waals surface area (Å²) in [6.07, 6.45) is 11.8. The molecular weight excluding hydrogens is 480 g/mol. The maximum absolute atomic E-state index is 2.40. The van der Waals surface area contributed by atoms with Crippen LogP contribution >= 0.6 is 0 Å². The second kappa shape index (κ2) is 12.1. The predicted molar refractivity (Wildman–Crippen MR) is 172 cm³/mol. The molecule has 0 atom stereocenters. The molecule has 0 fully saturated rings. The van der Waals surface area contributed by atoms with Crippen LogP contribution in [0.15, 0.2) is 150 Å². The first-order chi connectivity index (χ1) is 19.4. The predicted octanol–water partition coefficient (Wildman–Crippen LogP) is 10.6. The van der Waals surface area contributed by atoms with Gasteiger partial charge in [-0.05, 0) is 78.3 Å². The van der Waals surface area contributed by atoms with Crippen molar-refractivity contribution in [2.75, 3.05) is 0 Å². The highest BCUT2D eigenvalue weighted by atomic mass is 14.4. The number of hydrogen-bond donors (Lipinski definition) is 0. The third kappa shape index (κ3) is 5.54. The Bertz CT molecular complexity index is 1400. The Morgan fingerprint density at radius 3 is 1.75 bits per heavy atom. The lowest BCUT2D eigenvalue weighted by atomic mass is 9.64. The van der Waals surface area contributed by atoms with Gasteiger partial charge in [-0.1, -0.05) is 158 Å². The molecule has 202 valence electrons. The second-order valence-corrected chi connectivity index (χ2v) is 11.9. The number of hydrogen-bond acceptors (Lipinski definition) is 0. The topological polar surface area (TPSA) is 0 Å². The van der Waals surface area contributed by atoms with E-state index in [2.05, 4.69) is 161 Å². The average molecular weight is 523 g/mol. The van der Waals surface area contributed by atoms with Crippen molar-refractivity contribution in [1.82, 2.24) is 0 Å². The number of benzene rings is 4. The van der Waals surface area contributed by atoms with Gasteiger partial charge in [0.2, 0.25) is 0 Å². The van der Waals surface area contributed by atoms with E-state index in [4.69, 9.17) is 0 Å². The maximum Gasteiger partial charge on any atom is 0.0704 e. The van der Waals surface area contributed by atoms with E-state index in [0.717, 1.165) is 6.42 Å². The zero-order chi connectivity index (χ0) is 28.0. The molecule has 0 heteroatoms. The molecule has 0 unspecified atom stereocenters. The van der Waals surface area contributed by atoms with E-state index in [1.54, 1.807) is 5.57 Å². The molecule has 0 amide bonds. The minimum Gasteiger partial charge on any atom is -0.0772 e. The van der Waals surface area contributed by atoms with Crippen LogP contribution in [0, 0.1) is 5.41 Å². The molecule has 1 aliphatic rings. The van der Waals surface area contributed by atoms with Crippen molar-refractivity contribution in [3.8, 4) is 0 Å². The van der Waals surface area contributed by atoms with E-state index in [0.29, 0.717) is 0 Å². The first kappa shape index (κ1) is 27.7. The molecule has 5 rings (SSSR count). The van der Waals surface area contributed by atoms with Crippen LogP contribution in [0.25, 0.3) is 0 Å². The highest BCUT2D eigenvalue weighted by molar-refractivity contribution is 5.61. The zero-order valence-corrected chi connectivity index (χ0v) is 24.5. The summed E-state index contributed by atoms with van der Waals surface area (Å²) in [6.45, 7) is 9.33. The minimum atomic E-state index is -0.425. The van der Waals surface area contributed by atoms with E-state index in [9.17, 15) is 0 Å². The summed E-state index contributed by atoms with van der Waals surface area (Å²) in [7, 11) is 0. The molecule has 0 saturated carbocycles. The highest BCUT2D eigenvalue weighted by Crippen LogP contribution is 2.46. The number of rotatable bonds is 8. The Morgan fingerprint density at radius 2 is 1.23 bits per heavy atom. The van der Waals surface area contributed by atoms with E-state index in [-0.39, 0.29) is 5.41 Å². The molecule has 0 saturated heterocycles. The summed E-state index contributed by atoms with van der Waals surface area (Å²) in [6, 6.07) is 42.0. The van der Waals surface area contributed by atoms with Crippen LogP contribution in [0.3, 0.4) is 0 Å². The van der Waals surface area contributed by atoms with Crippen LogP contribution in [-0.2, 0) is 11.8 Å². The highest BCUT2D eigenvalue weighted by Gasteiger charge is 2.39. The van der Waals surface area contributed by atoms with Gasteiger partial charge in [-0.25, -0.2) is 0 Å². The van der Waals surface area contributed by atoms with E-state index in [1.807, 2.05) is 0 Å². The molecule has 40 heavy (non-hydrogen) atoms. The summed E-state index contributed by atoms with van der Waals surface area (Å²) >= 11 is 0. The number of allylic oxidation sites excluding steroid dienone is 6. The average Bonchev–Trinajstić information content (AvgIpc) is 2.98. The normalized spacial score (nSPS) is 15.9. The van der Waals surface area contributed by atoms with Crippen LogP contribution in [0.4, 0.5) is 0 Å². The van der Waals surface area contributed by atoms with Crippen molar-refractivity contribution in [1.29, 1.82) is 0 Å². The molecule has 0 spiro atoms. The van der Waals surface area contributed by atoms with Gasteiger partial charge in [0.15, 0.2) is 0 Å². The first-order valence-corrected chi connectivity index (χ1v) is 14.7. The minimum absolute atomic E-state index is 0.256. The van der Waals surface area contributed by atoms with Gasteiger partial charge in [0.05, 0.1) is 5.41 Å². The Balaban J connectivity index is 1.61. The van der Waals surface area contributed by atoms with Crippen molar-refractivity contribution in [3.63, 3.8) is 0 Å². The van der Waals surface area contributed by atoms with Crippen LogP contribution in [0.1, 0.15) is 74.8 Å². The molecule has 0 heterocycles. The SMILES string of the molecule is CC1=C(/C=C/C(C)=C/Cc2ccccc2C(c2ccccc2)(c2ccccc2)c2ccccc2)C(C)(C)CCC1. The maximum atomic E-state index is 2.40. The Labute approximate surface area is 241 Å². The smallest absolute Gasteiger partial charge is 0.0704 e.